The van der Waals surface area contributed by atoms with Gasteiger partial charge in [0.05, 0.1) is 5.48 Å². The molecule has 1 aliphatic carbocycles. The van der Waals surface area contributed by atoms with Crippen molar-refractivity contribution in [2.75, 3.05) is 0 Å². The van der Waals surface area contributed by atoms with E-state index in [4.69, 9.17) is 9.60 Å². The predicted molar refractivity (Wildman–Crippen MR) is 136 cm³/mol. The van der Waals surface area contributed by atoms with Gasteiger partial charge in [-0.3, -0.25) is 9.59 Å². The topological polar surface area (TPSA) is 34.1 Å². The molecule has 0 bridgehead atoms. The monoisotopic (exact) mass is 437 g/mol. The maximum absolute atomic E-state index is 13.3. The predicted octanol–water partition coefficient (Wildman–Crippen LogP) is 8.53. The summed E-state index contributed by atoms with van der Waals surface area (Å²) < 4.78 is 55.6. The van der Waals surface area contributed by atoms with Gasteiger partial charge in [-0.1, -0.05) is 71.3 Å². The van der Waals surface area contributed by atoms with Crippen LogP contribution in [0.2, 0.25) is 0 Å². The summed E-state index contributed by atoms with van der Waals surface area (Å²) in [5, 5.41) is 0. The Balaban J connectivity index is 2.17. The average Bonchev–Trinajstić information content (AvgIpc) is 2.85. The molecule has 0 amide bonds. The van der Waals surface area contributed by atoms with Gasteiger partial charge in [-0.15, -0.1) is 0 Å². The summed E-state index contributed by atoms with van der Waals surface area (Å²) in [6.45, 7) is 5.25. The number of fused-ring (bicyclic) bond motifs is 1. The van der Waals surface area contributed by atoms with Gasteiger partial charge in [-0.2, -0.15) is 0 Å². The Morgan fingerprint density at radius 3 is 1.94 bits per heavy atom. The van der Waals surface area contributed by atoms with Crippen molar-refractivity contribution in [2.45, 2.75) is 79.5 Å². The number of ketones is 2. The Morgan fingerprint density at radius 1 is 0.844 bits per heavy atom. The minimum absolute atomic E-state index is 0.105. The highest BCUT2D eigenvalue weighted by Gasteiger charge is 2.28. The highest BCUT2D eigenvalue weighted by atomic mass is 16.1. The first-order chi connectivity index (χ1) is 18.2. The molecule has 0 atom stereocenters. The first-order valence-corrected chi connectivity index (χ1v) is 11.2. The normalized spacial score (nSPS) is 19.2. The first-order valence-electron chi connectivity index (χ1n) is 14.7. The lowest BCUT2D eigenvalue weighted by molar-refractivity contribution is 0.0973. The molecule has 1 aromatic rings. The van der Waals surface area contributed by atoms with Gasteiger partial charge < -0.3 is 0 Å². The molecule has 0 spiro atoms. The van der Waals surface area contributed by atoms with Crippen LogP contribution in [-0.4, -0.2) is 11.6 Å². The van der Waals surface area contributed by atoms with Crippen molar-refractivity contribution in [1.29, 1.82) is 0 Å². The average molecular weight is 438 g/mol. The lowest BCUT2D eigenvalue weighted by Crippen LogP contribution is -2.20. The van der Waals surface area contributed by atoms with Crippen LogP contribution in [0.25, 0.3) is 0 Å². The van der Waals surface area contributed by atoms with Crippen LogP contribution in [0.5, 0.6) is 0 Å². The molecule has 2 nitrogen and oxygen atoms in total. The molecular formula is C30H38O2. The summed E-state index contributed by atoms with van der Waals surface area (Å²) >= 11 is 0. The third kappa shape index (κ3) is 7.44. The molecule has 0 unspecified atom stereocenters. The Morgan fingerprint density at radius 2 is 1.38 bits per heavy atom. The largest absolute Gasteiger partial charge is 0.289 e. The van der Waals surface area contributed by atoms with E-state index >= 15 is 0 Å². The van der Waals surface area contributed by atoms with Crippen LogP contribution in [0, 0.1) is 0 Å². The second kappa shape index (κ2) is 13.0. The maximum Gasteiger partial charge on any atom is 0.190 e. The van der Waals surface area contributed by atoms with Crippen LogP contribution >= 0.6 is 0 Å². The second-order valence-electron chi connectivity index (χ2n) is 8.30. The summed E-state index contributed by atoms with van der Waals surface area (Å²) in [4.78, 5) is 26.5. The van der Waals surface area contributed by atoms with Gasteiger partial charge in [0.15, 0.2) is 11.6 Å². The van der Waals surface area contributed by atoms with Crippen molar-refractivity contribution >= 4 is 11.6 Å². The number of allylic oxidation sites excluding steroid dienone is 10. The molecule has 0 saturated heterocycles. The van der Waals surface area contributed by atoms with E-state index in [0.29, 0.717) is 6.42 Å². The van der Waals surface area contributed by atoms with E-state index in [2.05, 4.69) is 38.2 Å². The van der Waals surface area contributed by atoms with Gasteiger partial charge in [0, 0.05) is 26.4 Å². The van der Waals surface area contributed by atoms with Crippen molar-refractivity contribution in [2.24, 2.45) is 0 Å². The summed E-state index contributed by atoms with van der Waals surface area (Å²) in [6.07, 6.45) is 15.9. The number of benzene rings is 1. The van der Waals surface area contributed by atoms with Crippen LogP contribution in [-0.2, 0) is 0 Å². The summed E-state index contributed by atoms with van der Waals surface area (Å²) in [6, 6.07) is -2.64. The Hall–Kier alpha value is -2.74. The highest BCUT2D eigenvalue weighted by molar-refractivity contribution is 6.26. The molecule has 170 valence electrons. The molecule has 32 heavy (non-hydrogen) atoms. The van der Waals surface area contributed by atoms with Crippen LogP contribution < -0.4 is 0 Å². The number of hydrogen-bond acceptors (Lipinski definition) is 2. The quantitative estimate of drug-likeness (QED) is 0.325. The first kappa shape index (κ1) is 16.8. The van der Waals surface area contributed by atoms with E-state index in [-0.39, 0.29) is 12.0 Å². The molecule has 2 rings (SSSR count). The standard InChI is InChI=1S/C30H38O2/c1-6-7-8-13-22(2)14-11-15-23(3)16-12-17-24(4)20-21-26-25(5)29(31)27-18-9-10-19-28(27)30(26)32/h6-7,9-10,14,16,18-20H,8,11-13,15,17,21H2,1-5H3/b7-6+,22-14+,23-16+,24-20+/i5D3,9D,10D,18D,19D. The van der Waals surface area contributed by atoms with Gasteiger partial charge in [0.1, 0.15) is 0 Å². The van der Waals surface area contributed by atoms with Crippen LogP contribution in [0.3, 0.4) is 0 Å². The van der Waals surface area contributed by atoms with Gasteiger partial charge in [-0.05, 0) is 79.5 Å². The Kier molecular flexibility index (Phi) is 6.81. The molecule has 0 N–H and O–H groups in total. The van der Waals surface area contributed by atoms with E-state index in [1.807, 2.05) is 13.8 Å². The van der Waals surface area contributed by atoms with Crippen LogP contribution in [0.1, 0.15) is 110 Å². The van der Waals surface area contributed by atoms with E-state index in [0.717, 1.165) is 37.7 Å². The van der Waals surface area contributed by atoms with Crippen molar-refractivity contribution in [3.63, 3.8) is 0 Å². The molecular weight excluding hydrogens is 392 g/mol. The molecule has 0 fully saturated rings. The minimum Gasteiger partial charge on any atom is -0.289 e. The molecule has 0 radical (unpaired) electrons. The van der Waals surface area contributed by atoms with E-state index in [1.54, 1.807) is 6.08 Å². The van der Waals surface area contributed by atoms with Crippen molar-refractivity contribution in [3.05, 3.63) is 93.5 Å². The lowest BCUT2D eigenvalue weighted by Gasteiger charge is -2.18. The fraction of sp³-hybridized carbons (Fsp3) is 0.400. The van der Waals surface area contributed by atoms with Gasteiger partial charge in [0.25, 0.3) is 0 Å². The molecule has 1 aliphatic rings. The number of Topliss-reactive ketones (excluding diaryl/α,β-unsaturated/α-hetero) is 2. The Labute approximate surface area is 204 Å². The molecule has 1 aromatic carbocycles. The lowest BCUT2D eigenvalue weighted by atomic mass is 9.83. The van der Waals surface area contributed by atoms with Crippen molar-refractivity contribution in [1.82, 2.24) is 0 Å². The zero-order valence-corrected chi connectivity index (χ0v) is 19.7. The smallest absolute Gasteiger partial charge is 0.190 e. The fourth-order valence-electron chi connectivity index (χ4n) is 3.53. The SMILES string of the molecule is [2H]c1c([2H])c([2H])c2c(c1[2H])C(=O)C(C/C=C(\C)CC/C=C(\C)CC/C=C(\C)CC/C=C/C)=C(C([2H])([2H])[2H])C2=O. The van der Waals surface area contributed by atoms with Gasteiger partial charge in [-0.25, -0.2) is 0 Å². The number of carbonyl (C=O) groups is 2. The summed E-state index contributed by atoms with van der Waals surface area (Å²) in [7, 11) is 0. The third-order valence-electron chi connectivity index (χ3n) is 5.60. The third-order valence-corrected chi connectivity index (χ3v) is 5.60. The van der Waals surface area contributed by atoms with E-state index in [9.17, 15) is 9.59 Å². The minimum atomic E-state index is -2.91. The maximum atomic E-state index is 13.3. The van der Waals surface area contributed by atoms with Crippen LogP contribution in [0.4, 0.5) is 0 Å². The Bertz CT molecular complexity index is 1280. The molecule has 2 heteroatoms. The summed E-state index contributed by atoms with van der Waals surface area (Å²) in [5.41, 5.74) is 1.68. The second-order valence-corrected chi connectivity index (χ2v) is 8.30. The molecule has 0 aromatic heterocycles. The molecule has 0 aliphatic heterocycles. The van der Waals surface area contributed by atoms with E-state index < -0.39 is 59.3 Å². The molecule has 0 saturated carbocycles. The van der Waals surface area contributed by atoms with Gasteiger partial charge >= 0.3 is 0 Å². The number of hydrogen-bond donors (Lipinski definition) is 0. The number of rotatable bonds is 11. The van der Waals surface area contributed by atoms with Crippen molar-refractivity contribution < 1.29 is 19.2 Å². The van der Waals surface area contributed by atoms with Crippen molar-refractivity contribution in [3.8, 4) is 0 Å². The zero-order valence-electron chi connectivity index (χ0n) is 26.7. The van der Waals surface area contributed by atoms with Gasteiger partial charge in [0.2, 0.25) is 0 Å². The number of carbonyl (C=O) groups excluding carboxylic acids is 2. The van der Waals surface area contributed by atoms with E-state index in [1.165, 1.54) is 11.1 Å². The molecule has 0 heterocycles. The highest BCUT2D eigenvalue weighted by Crippen LogP contribution is 2.28. The van der Waals surface area contributed by atoms with Crippen LogP contribution in [0.15, 0.2) is 82.4 Å². The summed E-state index contributed by atoms with van der Waals surface area (Å²) in [5.74, 6) is -1.88. The fourth-order valence-corrected chi connectivity index (χ4v) is 3.53. The zero-order chi connectivity index (χ0) is 29.5.